The summed E-state index contributed by atoms with van der Waals surface area (Å²) in [6.07, 6.45) is 4.47. The summed E-state index contributed by atoms with van der Waals surface area (Å²) in [6.45, 7) is 1.42. The van der Waals surface area contributed by atoms with Crippen molar-refractivity contribution in [1.29, 1.82) is 0 Å². The van der Waals surface area contributed by atoms with E-state index in [1.807, 2.05) is 48.7 Å². The van der Waals surface area contributed by atoms with E-state index in [4.69, 9.17) is 0 Å². The Morgan fingerprint density at radius 2 is 1.72 bits per heavy atom. The minimum absolute atomic E-state index is 0.0650. The maximum Gasteiger partial charge on any atom is 0.233 e. The van der Waals surface area contributed by atoms with Crippen LogP contribution in [0.15, 0.2) is 72.3 Å². The molecule has 7 heteroatoms. The van der Waals surface area contributed by atoms with Gasteiger partial charge in [-0.05, 0) is 35.6 Å². The number of aryl methyl sites for hydroxylation is 1. The van der Waals surface area contributed by atoms with Crippen molar-refractivity contribution in [3.05, 3.63) is 77.8 Å². The Hall–Kier alpha value is -2.90. The topological polar surface area (TPSA) is 80.2 Å². The van der Waals surface area contributed by atoms with E-state index in [2.05, 4.69) is 32.8 Å². The fourth-order valence-corrected chi connectivity index (χ4v) is 3.81. The van der Waals surface area contributed by atoms with Crippen LogP contribution in [-0.4, -0.2) is 32.0 Å². The maximum atomic E-state index is 12.0. The molecule has 0 spiro atoms. The standard InChI is InChI=1S/C22H25N3O3S/c26-22(11-15-24-29(27,28)18-13-19-7-2-1-3-8-19)23-14-6-16-25-17-12-20-9-4-5-10-21(20)25/h1-5,7-10,12-13,17-18,24H,6,11,14-16H2,(H,23,26)/b18-13+. The van der Waals surface area contributed by atoms with Gasteiger partial charge in [-0.1, -0.05) is 48.5 Å². The van der Waals surface area contributed by atoms with Crippen LogP contribution in [0.4, 0.5) is 0 Å². The molecule has 1 amide bonds. The van der Waals surface area contributed by atoms with Gasteiger partial charge in [-0.25, -0.2) is 13.1 Å². The normalized spacial score (nSPS) is 11.9. The Balaban J connectivity index is 1.34. The smallest absolute Gasteiger partial charge is 0.233 e. The minimum Gasteiger partial charge on any atom is -0.356 e. The summed E-state index contributed by atoms with van der Waals surface area (Å²) in [4.78, 5) is 11.9. The molecule has 3 rings (SSSR count). The lowest BCUT2D eigenvalue weighted by molar-refractivity contribution is -0.120. The number of amides is 1. The van der Waals surface area contributed by atoms with Crippen LogP contribution in [0.5, 0.6) is 0 Å². The number of para-hydroxylation sites is 1. The summed E-state index contributed by atoms with van der Waals surface area (Å²) < 4.78 is 28.5. The third-order valence-electron chi connectivity index (χ3n) is 4.47. The third-order valence-corrected chi connectivity index (χ3v) is 5.57. The number of carbonyl (C=O) groups excluding carboxylic acids is 1. The Labute approximate surface area is 171 Å². The van der Waals surface area contributed by atoms with Crippen LogP contribution in [0.3, 0.4) is 0 Å². The summed E-state index contributed by atoms with van der Waals surface area (Å²) in [5.74, 6) is -0.169. The fraction of sp³-hybridized carbons (Fsp3) is 0.227. The number of nitrogens with zero attached hydrogens (tertiary/aromatic N) is 1. The molecule has 0 bridgehead atoms. The largest absolute Gasteiger partial charge is 0.356 e. The first-order valence-corrected chi connectivity index (χ1v) is 11.1. The molecule has 152 valence electrons. The number of nitrogens with one attached hydrogen (secondary N) is 2. The fourth-order valence-electron chi connectivity index (χ4n) is 2.99. The summed E-state index contributed by atoms with van der Waals surface area (Å²) in [7, 11) is -3.56. The van der Waals surface area contributed by atoms with Crippen LogP contribution >= 0.6 is 0 Å². The third kappa shape index (κ3) is 6.58. The molecule has 0 aliphatic carbocycles. The second-order valence-corrected chi connectivity index (χ2v) is 8.33. The van der Waals surface area contributed by atoms with E-state index in [1.165, 1.54) is 17.0 Å². The quantitative estimate of drug-likeness (QED) is 0.503. The summed E-state index contributed by atoms with van der Waals surface area (Å²) in [5, 5.41) is 5.14. The maximum absolute atomic E-state index is 12.0. The summed E-state index contributed by atoms with van der Waals surface area (Å²) in [5.41, 5.74) is 1.97. The molecule has 0 radical (unpaired) electrons. The lowest BCUT2D eigenvalue weighted by Crippen LogP contribution is -2.30. The van der Waals surface area contributed by atoms with E-state index < -0.39 is 10.0 Å². The zero-order valence-electron chi connectivity index (χ0n) is 16.1. The molecule has 3 aromatic rings. The average Bonchev–Trinajstić information content (AvgIpc) is 3.14. The van der Waals surface area contributed by atoms with Crippen molar-refractivity contribution >= 4 is 32.9 Å². The van der Waals surface area contributed by atoms with Gasteiger partial charge in [0, 0.05) is 43.2 Å². The molecule has 0 atom stereocenters. The molecular formula is C22H25N3O3S. The number of aromatic nitrogens is 1. The zero-order valence-corrected chi connectivity index (χ0v) is 16.9. The van der Waals surface area contributed by atoms with Crippen LogP contribution in [0.25, 0.3) is 17.0 Å². The molecule has 1 heterocycles. The molecular weight excluding hydrogens is 386 g/mol. The summed E-state index contributed by atoms with van der Waals surface area (Å²) in [6, 6.07) is 19.4. The first-order valence-electron chi connectivity index (χ1n) is 9.57. The lowest BCUT2D eigenvalue weighted by Gasteiger charge is -2.08. The molecule has 0 aliphatic rings. The molecule has 1 aromatic heterocycles. The number of carbonyl (C=O) groups is 1. The highest BCUT2D eigenvalue weighted by Crippen LogP contribution is 2.15. The van der Waals surface area contributed by atoms with E-state index in [9.17, 15) is 13.2 Å². The minimum atomic E-state index is -3.56. The van der Waals surface area contributed by atoms with Gasteiger partial charge in [0.15, 0.2) is 0 Å². The van der Waals surface area contributed by atoms with E-state index >= 15 is 0 Å². The number of hydrogen-bond donors (Lipinski definition) is 2. The van der Waals surface area contributed by atoms with Gasteiger partial charge in [0.2, 0.25) is 15.9 Å². The van der Waals surface area contributed by atoms with Gasteiger partial charge in [0.1, 0.15) is 0 Å². The highest BCUT2D eigenvalue weighted by molar-refractivity contribution is 7.92. The van der Waals surface area contributed by atoms with E-state index in [0.717, 1.165) is 23.9 Å². The van der Waals surface area contributed by atoms with Gasteiger partial charge in [-0.3, -0.25) is 4.79 Å². The highest BCUT2D eigenvalue weighted by atomic mass is 32.2. The Kier molecular flexibility index (Phi) is 7.21. The van der Waals surface area contributed by atoms with Crippen molar-refractivity contribution in [3.8, 4) is 0 Å². The molecule has 0 aliphatic heterocycles. The van der Waals surface area contributed by atoms with Gasteiger partial charge in [0.25, 0.3) is 0 Å². The molecule has 0 saturated carbocycles. The van der Waals surface area contributed by atoms with E-state index in [0.29, 0.717) is 6.54 Å². The van der Waals surface area contributed by atoms with Crippen molar-refractivity contribution in [1.82, 2.24) is 14.6 Å². The zero-order chi connectivity index (χ0) is 20.5. The van der Waals surface area contributed by atoms with Gasteiger partial charge in [-0.2, -0.15) is 0 Å². The molecule has 0 fully saturated rings. The van der Waals surface area contributed by atoms with Crippen molar-refractivity contribution in [2.75, 3.05) is 13.1 Å². The van der Waals surface area contributed by atoms with Gasteiger partial charge in [-0.15, -0.1) is 0 Å². The van der Waals surface area contributed by atoms with Crippen LogP contribution in [-0.2, 0) is 21.4 Å². The first kappa shape index (κ1) is 20.8. The molecule has 2 N–H and O–H groups in total. The second-order valence-electron chi connectivity index (χ2n) is 6.67. The van der Waals surface area contributed by atoms with Crippen molar-refractivity contribution in [2.45, 2.75) is 19.4 Å². The molecule has 0 unspecified atom stereocenters. The molecule has 2 aromatic carbocycles. The Morgan fingerprint density at radius 3 is 2.55 bits per heavy atom. The van der Waals surface area contributed by atoms with Gasteiger partial charge < -0.3 is 9.88 Å². The summed E-state index contributed by atoms with van der Waals surface area (Å²) >= 11 is 0. The van der Waals surface area contributed by atoms with Crippen LogP contribution in [0, 0.1) is 0 Å². The van der Waals surface area contributed by atoms with Crippen LogP contribution < -0.4 is 10.0 Å². The van der Waals surface area contributed by atoms with Gasteiger partial charge >= 0.3 is 0 Å². The molecule has 0 saturated heterocycles. The van der Waals surface area contributed by atoms with E-state index in [1.54, 1.807) is 0 Å². The average molecular weight is 412 g/mol. The molecule has 6 nitrogen and oxygen atoms in total. The predicted molar refractivity (Wildman–Crippen MR) is 117 cm³/mol. The van der Waals surface area contributed by atoms with Crippen LogP contribution in [0.2, 0.25) is 0 Å². The van der Waals surface area contributed by atoms with Crippen molar-refractivity contribution in [3.63, 3.8) is 0 Å². The predicted octanol–water partition coefficient (Wildman–Crippen LogP) is 3.13. The Bertz CT molecular complexity index is 1070. The van der Waals surface area contributed by atoms with Gasteiger partial charge in [0.05, 0.1) is 0 Å². The Morgan fingerprint density at radius 1 is 0.966 bits per heavy atom. The number of sulfonamides is 1. The number of fused-ring (bicyclic) bond motifs is 1. The van der Waals surface area contributed by atoms with Crippen molar-refractivity contribution in [2.24, 2.45) is 0 Å². The SMILES string of the molecule is O=C(CCNS(=O)(=O)/C=C/c1ccccc1)NCCCn1ccc2ccccc21. The first-order chi connectivity index (χ1) is 14.0. The highest BCUT2D eigenvalue weighted by Gasteiger charge is 2.07. The van der Waals surface area contributed by atoms with Crippen molar-refractivity contribution < 1.29 is 13.2 Å². The number of benzene rings is 2. The monoisotopic (exact) mass is 411 g/mol. The molecule has 29 heavy (non-hydrogen) atoms. The van der Waals surface area contributed by atoms with Crippen LogP contribution in [0.1, 0.15) is 18.4 Å². The lowest BCUT2D eigenvalue weighted by atomic mass is 10.2. The number of rotatable bonds is 10. The second kappa shape index (κ2) is 10.0. The van der Waals surface area contributed by atoms with E-state index in [-0.39, 0.29) is 18.9 Å². The number of hydrogen-bond acceptors (Lipinski definition) is 3.